The van der Waals surface area contributed by atoms with E-state index in [1.54, 1.807) is 0 Å². The average molecular weight is 309 g/mol. The Labute approximate surface area is 131 Å². The van der Waals surface area contributed by atoms with E-state index in [4.69, 9.17) is 21.7 Å². The SMILES string of the molecule is CCCc1nn(C)c2c1nc(C(C)Cl)n2C1(C)CCCC1. The molecule has 2 aromatic heterocycles. The monoisotopic (exact) mass is 308 g/mol. The molecular formula is C16H25ClN4. The molecule has 0 N–H and O–H groups in total. The maximum absolute atomic E-state index is 6.45. The van der Waals surface area contributed by atoms with Crippen molar-refractivity contribution in [2.45, 2.75) is 70.2 Å². The summed E-state index contributed by atoms with van der Waals surface area (Å²) in [5.74, 6) is 1.00. The molecule has 1 fully saturated rings. The van der Waals surface area contributed by atoms with Crippen LogP contribution in [-0.2, 0) is 19.0 Å². The first kappa shape index (κ1) is 14.9. The highest BCUT2D eigenvalue weighted by Gasteiger charge is 2.36. The van der Waals surface area contributed by atoms with Crippen molar-refractivity contribution in [3.05, 3.63) is 11.5 Å². The number of aryl methyl sites for hydroxylation is 2. The van der Waals surface area contributed by atoms with E-state index >= 15 is 0 Å². The van der Waals surface area contributed by atoms with Gasteiger partial charge in [0.05, 0.1) is 11.1 Å². The van der Waals surface area contributed by atoms with Gasteiger partial charge in [-0.15, -0.1) is 11.6 Å². The molecule has 4 nitrogen and oxygen atoms in total. The van der Waals surface area contributed by atoms with Gasteiger partial charge in [0.25, 0.3) is 0 Å². The summed E-state index contributed by atoms with van der Waals surface area (Å²) in [4.78, 5) is 4.89. The number of alkyl halides is 1. The highest BCUT2D eigenvalue weighted by Crippen LogP contribution is 2.41. The predicted octanol–water partition coefficient (Wildman–Crippen LogP) is 4.31. The van der Waals surface area contributed by atoms with Crippen molar-refractivity contribution in [2.75, 3.05) is 0 Å². The quantitative estimate of drug-likeness (QED) is 0.789. The summed E-state index contributed by atoms with van der Waals surface area (Å²) in [5.41, 5.74) is 3.43. The fourth-order valence-corrected chi connectivity index (χ4v) is 3.91. The predicted molar refractivity (Wildman–Crippen MR) is 86.9 cm³/mol. The Morgan fingerprint density at radius 3 is 2.57 bits per heavy atom. The van der Waals surface area contributed by atoms with Crippen LogP contribution in [0.2, 0.25) is 0 Å². The lowest BCUT2D eigenvalue weighted by Gasteiger charge is -2.29. The third-order valence-electron chi connectivity index (χ3n) is 4.79. The van der Waals surface area contributed by atoms with Gasteiger partial charge in [-0.2, -0.15) is 5.10 Å². The standard InChI is InChI=1S/C16H25ClN4/c1-5-8-12-13-15(20(4)19-12)21(14(18-13)11(2)17)16(3)9-6-7-10-16/h11H,5-10H2,1-4H3. The summed E-state index contributed by atoms with van der Waals surface area (Å²) in [6.45, 7) is 6.54. The van der Waals surface area contributed by atoms with Crippen molar-refractivity contribution in [1.82, 2.24) is 19.3 Å². The van der Waals surface area contributed by atoms with Crippen LogP contribution < -0.4 is 0 Å². The molecule has 0 aliphatic heterocycles. The molecular weight excluding hydrogens is 284 g/mol. The van der Waals surface area contributed by atoms with Gasteiger partial charge >= 0.3 is 0 Å². The Morgan fingerprint density at radius 1 is 1.33 bits per heavy atom. The normalized spacial score (nSPS) is 19.5. The van der Waals surface area contributed by atoms with E-state index in [0.717, 1.165) is 35.5 Å². The van der Waals surface area contributed by atoms with Gasteiger partial charge in [-0.05, 0) is 33.1 Å². The lowest BCUT2D eigenvalue weighted by atomic mass is 10.00. The Kier molecular flexibility index (Phi) is 3.76. The molecule has 3 rings (SSSR count). The molecule has 0 bridgehead atoms. The molecule has 0 saturated heterocycles. The van der Waals surface area contributed by atoms with Crippen LogP contribution in [-0.4, -0.2) is 19.3 Å². The zero-order chi connectivity index (χ0) is 15.2. The van der Waals surface area contributed by atoms with Gasteiger partial charge < -0.3 is 4.57 Å². The minimum Gasteiger partial charge on any atom is -0.306 e. The molecule has 1 aliphatic carbocycles. The first-order chi connectivity index (χ1) is 9.98. The van der Waals surface area contributed by atoms with Gasteiger partial charge in [0.1, 0.15) is 11.3 Å². The molecule has 1 atom stereocenters. The van der Waals surface area contributed by atoms with Crippen LogP contribution >= 0.6 is 11.6 Å². The lowest BCUT2D eigenvalue weighted by Crippen LogP contribution is -2.29. The summed E-state index contributed by atoms with van der Waals surface area (Å²) in [7, 11) is 2.03. The van der Waals surface area contributed by atoms with Crippen LogP contribution in [0.3, 0.4) is 0 Å². The van der Waals surface area contributed by atoms with Crippen molar-refractivity contribution in [3.8, 4) is 0 Å². The van der Waals surface area contributed by atoms with Crippen LogP contribution in [0.4, 0.5) is 0 Å². The molecule has 0 amide bonds. The van der Waals surface area contributed by atoms with Crippen LogP contribution in [0, 0.1) is 0 Å². The lowest BCUT2D eigenvalue weighted by molar-refractivity contribution is 0.323. The number of rotatable bonds is 4. The minimum atomic E-state index is -0.0794. The smallest absolute Gasteiger partial charge is 0.159 e. The second kappa shape index (κ2) is 5.31. The van der Waals surface area contributed by atoms with Crippen molar-refractivity contribution in [3.63, 3.8) is 0 Å². The van der Waals surface area contributed by atoms with Crippen LogP contribution in [0.25, 0.3) is 11.2 Å². The Balaban J connectivity index is 2.27. The average Bonchev–Trinajstić information content (AvgIpc) is 3.08. The van der Waals surface area contributed by atoms with Crippen LogP contribution in [0.1, 0.15) is 69.8 Å². The third kappa shape index (κ3) is 2.28. The van der Waals surface area contributed by atoms with Gasteiger partial charge in [-0.1, -0.05) is 26.2 Å². The largest absolute Gasteiger partial charge is 0.306 e. The number of hydrogen-bond donors (Lipinski definition) is 0. The molecule has 21 heavy (non-hydrogen) atoms. The number of imidazole rings is 1. The van der Waals surface area contributed by atoms with Crippen molar-refractivity contribution >= 4 is 22.8 Å². The summed E-state index contributed by atoms with van der Waals surface area (Å²) in [6, 6.07) is 0. The molecule has 2 heterocycles. The van der Waals surface area contributed by atoms with E-state index < -0.39 is 0 Å². The summed E-state index contributed by atoms with van der Waals surface area (Å²) < 4.78 is 4.39. The van der Waals surface area contributed by atoms with Gasteiger partial charge in [0, 0.05) is 12.6 Å². The number of fused-ring (bicyclic) bond motifs is 1. The van der Waals surface area contributed by atoms with Crippen molar-refractivity contribution in [1.29, 1.82) is 0 Å². The molecule has 0 spiro atoms. The summed E-state index contributed by atoms with van der Waals surface area (Å²) in [5, 5.41) is 4.61. The molecule has 116 valence electrons. The second-order valence-corrected chi connectivity index (χ2v) is 7.27. The molecule has 5 heteroatoms. The van der Waals surface area contributed by atoms with E-state index in [0.29, 0.717) is 0 Å². The highest BCUT2D eigenvalue weighted by molar-refractivity contribution is 6.20. The third-order valence-corrected chi connectivity index (χ3v) is 4.99. The molecule has 0 aromatic carbocycles. The second-order valence-electron chi connectivity index (χ2n) is 6.62. The zero-order valence-corrected chi connectivity index (χ0v) is 14.2. The summed E-state index contributed by atoms with van der Waals surface area (Å²) in [6.07, 6.45) is 7.02. The maximum Gasteiger partial charge on any atom is 0.159 e. The number of hydrogen-bond acceptors (Lipinski definition) is 2. The minimum absolute atomic E-state index is 0.0794. The van der Waals surface area contributed by atoms with E-state index in [1.165, 1.54) is 25.7 Å². The van der Waals surface area contributed by atoms with Gasteiger partial charge in [-0.25, -0.2) is 4.98 Å². The van der Waals surface area contributed by atoms with Gasteiger partial charge in [0.15, 0.2) is 5.65 Å². The van der Waals surface area contributed by atoms with E-state index in [9.17, 15) is 0 Å². The first-order valence-corrected chi connectivity index (χ1v) is 8.50. The van der Waals surface area contributed by atoms with E-state index in [-0.39, 0.29) is 10.9 Å². The van der Waals surface area contributed by atoms with Crippen LogP contribution in [0.15, 0.2) is 0 Å². The van der Waals surface area contributed by atoms with Crippen molar-refractivity contribution in [2.24, 2.45) is 7.05 Å². The van der Waals surface area contributed by atoms with Gasteiger partial charge in [-0.3, -0.25) is 4.68 Å². The topological polar surface area (TPSA) is 35.6 Å². The zero-order valence-electron chi connectivity index (χ0n) is 13.5. The van der Waals surface area contributed by atoms with Crippen molar-refractivity contribution < 1.29 is 0 Å². The molecule has 1 aliphatic rings. The fourth-order valence-electron chi connectivity index (χ4n) is 3.76. The Bertz CT molecular complexity index is 647. The summed E-state index contributed by atoms with van der Waals surface area (Å²) >= 11 is 6.45. The molecule has 1 unspecified atom stereocenters. The molecule has 1 saturated carbocycles. The Morgan fingerprint density at radius 2 is 2.00 bits per heavy atom. The molecule has 0 radical (unpaired) electrons. The number of nitrogens with zero attached hydrogens (tertiary/aromatic N) is 4. The number of aromatic nitrogens is 4. The van der Waals surface area contributed by atoms with Gasteiger partial charge in [0.2, 0.25) is 0 Å². The Hall–Kier alpha value is -1.03. The van der Waals surface area contributed by atoms with E-state index in [1.807, 2.05) is 18.7 Å². The number of halogens is 1. The van der Waals surface area contributed by atoms with Crippen LogP contribution in [0.5, 0.6) is 0 Å². The molecule has 2 aromatic rings. The first-order valence-electron chi connectivity index (χ1n) is 8.06. The van der Waals surface area contributed by atoms with E-state index in [2.05, 4.69) is 18.4 Å². The maximum atomic E-state index is 6.45. The fraction of sp³-hybridized carbons (Fsp3) is 0.750. The highest BCUT2D eigenvalue weighted by atomic mass is 35.5.